The number of carbonyl (C=O) groups excluding carboxylic acids is 2. The van der Waals surface area contributed by atoms with Crippen molar-refractivity contribution in [2.45, 2.75) is 71.0 Å². The summed E-state index contributed by atoms with van der Waals surface area (Å²) in [5, 5.41) is 14.7. The van der Waals surface area contributed by atoms with Gasteiger partial charge in [0.25, 0.3) is 5.91 Å². The van der Waals surface area contributed by atoms with Crippen molar-refractivity contribution in [2.75, 3.05) is 5.32 Å². The Kier molecular flexibility index (Phi) is 13.4. The number of aliphatic hydroxyl groups excluding tert-OH is 1. The minimum Gasteiger partial charge on any atom is -0.461 e. The Bertz CT molecular complexity index is 2120. The number of nitrogens with zero attached hydrogens (tertiary/aromatic N) is 1. The summed E-state index contributed by atoms with van der Waals surface area (Å²) in [5.41, 5.74) is 6.86. The molecule has 0 fully saturated rings. The van der Waals surface area contributed by atoms with Gasteiger partial charge in [-0.25, -0.2) is 4.39 Å². The average molecular weight is 739 g/mol. The number of aromatic nitrogens is 1. The van der Waals surface area contributed by atoms with E-state index in [0.717, 1.165) is 39.2 Å². The van der Waals surface area contributed by atoms with Crippen LogP contribution in [0, 0.1) is 5.82 Å². The van der Waals surface area contributed by atoms with Gasteiger partial charge in [-0.15, -0.1) is 0 Å². The zero-order valence-corrected chi connectivity index (χ0v) is 31.2. The van der Waals surface area contributed by atoms with E-state index >= 15 is 0 Å². The number of nitrogens with one attached hydrogen (secondary N) is 1. The van der Waals surface area contributed by atoms with Crippen molar-refractivity contribution in [1.29, 1.82) is 0 Å². The number of para-hydroxylation sites is 1. The van der Waals surface area contributed by atoms with Gasteiger partial charge in [0, 0.05) is 29.9 Å². The van der Waals surface area contributed by atoms with Crippen molar-refractivity contribution >= 4 is 17.6 Å². The maximum atomic E-state index is 14.4. The summed E-state index contributed by atoms with van der Waals surface area (Å²) >= 11 is 0. The molecule has 282 valence electrons. The molecule has 0 saturated carbocycles. The quantitative estimate of drug-likeness (QED) is 0.0910. The van der Waals surface area contributed by atoms with Crippen molar-refractivity contribution < 1.29 is 28.6 Å². The Labute approximate surface area is 322 Å². The molecule has 0 aliphatic rings. The molecular weight excluding hydrogens is 692 g/mol. The van der Waals surface area contributed by atoms with E-state index in [-0.39, 0.29) is 43.7 Å². The normalized spacial score (nSPS) is 12.3. The van der Waals surface area contributed by atoms with Crippen molar-refractivity contribution in [3.05, 3.63) is 174 Å². The molecule has 1 aromatic heterocycles. The van der Waals surface area contributed by atoms with E-state index in [9.17, 15) is 19.1 Å². The second kappa shape index (κ2) is 19.0. The first kappa shape index (κ1) is 38.9. The Morgan fingerprint density at radius 1 is 0.727 bits per heavy atom. The highest BCUT2D eigenvalue weighted by Gasteiger charge is 2.31. The molecule has 2 N–H and O–H groups in total. The van der Waals surface area contributed by atoms with Crippen LogP contribution >= 0.6 is 0 Å². The number of aliphatic hydroxyl groups is 1. The number of esters is 1. The van der Waals surface area contributed by atoms with Gasteiger partial charge in [0.2, 0.25) is 0 Å². The molecule has 6 rings (SSSR count). The van der Waals surface area contributed by atoms with Crippen LogP contribution in [0.15, 0.2) is 146 Å². The van der Waals surface area contributed by atoms with Crippen LogP contribution in [0.5, 0.6) is 0 Å². The first-order valence-electron chi connectivity index (χ1n) is 18.7. The van der Waals surface area contributed by atoms with Gasteiger partial charge in [-0.05, 0) is 71.0 Å². The molecule has 2 atom stereocenters. The van der Waals surface area contributed by atoms with Gasteiger partial charge in [0.15, 0.2) is 0 Å². The van der Waals surface area contributed by atoms with Gasteiger partial charge in [0.05, 0.1) is 36.5 Å². The Balaban J connectivity index is 1.32. The van der Waals surface area contributed by atoms with Crippen molar-refractivity contribution in [2.24, 2.45) is 0 Å². The number of amides is 1. The molecule has 5 aromatic carbocycles. The van der Waals surface area contributed by atoms with E-state index in [2.05, 4.69) is 9.88 Å². The predicted octanol–water partition coefficient (Wildman–Crippen LogP) is 10.2. The second-order valence-corrected chi connectivity index (χ2v) is 13.9. The van der Waals surface area contributed by atoms with Gasteiger partial charge >= 0.3 is 5.97 Å². The van der Waals surface area contributed by atoms with Crippen molar-refractivity contribution in [3.8, 4) is 22.4 Å². The summed E-state index contributed by atoms with van der Waals surface area (Å²) in [5.74, 6) is -1.15. The number of rotatable bonds is 17. The molecule has 8 heteroatoms. The lowest BCUT2D eigenvalue weighted by Gasteiger charge is -2.23. The maximum absolute atomic E-state index is 14.4. The molecule has 2 unspecified atom stereocenters. The molecule has 0 spiro atoms. The summed E-state index contributed by atoms with van der Waals surface area (Å²) in [7, 11) is 0. The summed E-state index contributed by atoms with van der Waals surface area (Å²) in [6.45, 7) is 4.84. The number of carbonyl (C=O) groups is 2. The topological polar surface area (TPSA) is 89.8 Å². The molecule has 0 radical (unpaired) electrons. The monoisotopic (exact) mass is 738 g/mol. The summed E-state index contributed by atoms with van der Waals surface area (Å²) in [6.07, 6.45) is -1.03. The SMILES string of the molecule is CC(C)c1c(C(=O)Nc2ccccc2)c(-c2ccccc2)c(-c2ccc(F)cc2)n1CCC(O)CC(CC(=O)OCc1ccccc1)OCc1ccccc1. The largest absolute Gasteiger partial charge is 0.461 e. The lowest BCUT2D eigenvalue weighted by molar-refractivity contribution is -0.149. The van der Waals surface area contributed by atoms with Crippen LogP contribution in [0.4, 0.5) is 10.1 Å². The lowest BCUT2D eigenvalue weighted by Crippen LogP contribution is -2.26. The maximum Gasteiger partial charge on any atom is 0.308 e. The van der Waals surface area contributed by atoms with Gasteiger partial charge in [-0.1, -0.05) is 123 Å². The molecular formula is C47H47FN2O5. The van der Waals surface area contributed by atoms with E-state index in [1.165, 1.54) is 12.1 Å². The minimum absolute atomic E-state index is 0.0275. The first-order valence-corrected chi connectivity index (χ1v) is 18.7. The zero-order valence-electron chi connectivity index (χ0n) is 31.2. The van der Waals surface area contributed by atoms with E-state index in [1.807, 2.05) is 135 Å². The van der Waals surface area contributed by atoms with Gasteiger partial charge in [-0.2, -0.15) is 0 Å². The van der Waals surface area contributed by atoms with Crippen LogP contribution < -0.4 is 5.32 Å². The smallest absolute Gasteiger partial charge is 0.308 e. The van der Waals surface area contributed by atoms with Gasteiger partial charge in [0.1, 0.15) is 12.4 Å². The number of ether oxygens (including phenoxy) is 2. The number of hydrogen-bond acceptors (Lipinski definition) is 5. The minimum atomic E-state index is -0.868. The fourth-order valence-electron chi connectivity index (χ4n) is 6.89. The zero-order chi connectivity index (χ0) is 38.6. The highest BCUT2D eigenvalue weighted by molar-refractivity contribution is 6.12. The van der Waals surface area contributed by atoms with E-state index in [4.69, 9.17) is 9.47 Å². The van der Waals surface area contributed by atoms with E-state index in [0.29, 0.717) is 24.2 Å². The van der Waals surface area contributed by atoms with Crippen LogP contribution in [0.3, 0.4) is 0 Å². The summed E-state index contributed by atoms with van der Waals surface area (Å²) < 4.78 is 28.3. The predicted molar refractivity (Wildman–Crippen MR) is 215 cm³/mol. The summed E-state index contributed by atoms with van der Waals surface area (Å²) in [4.78, 5) is 27.5. The Hall–Kier alpha value is -5.83. The van der Waals surface area contributed by atoms with E-state index < -0.39 is 18.2 Å². The number of hydrogen-bond donors (Lipinski definition) is 2. The number of benzene rings is 5. The third-order valence-electron chi connectivity index (χ3n) is 9.48. The van der Waals surface area contributed by atoms with Crippen LogP contribution in [0.25, 0.3) is 22.4 Å². The molecule has 6 aromatic rings. The standard InChI is InChI=1S/C47H47FN2O5/c1-33(2)45-44(47(53)49-39-21-13-6-14-22-39)43(36-19-11-5-12-20-36)46(37-23-25-38(48)26-24-37)50(45)28-27-40(51)29-41(54-31-34-15-7-3-8-16-34)30-42(52)55-32-35-17-9-4-10-18-35/h3-26,33,40-41,51H,27-32H2,1-2H3,(H,49,53). The van der Waals surface area contributed by atoms with Crippen LogP contribution in [0.1, 0.15) is 66.2 Å². The molecule has 1 amide bonds. The second-order valence-electron chi connectivity index (χ2n) is 13.9. The van der Waals surface area contributed by atoms with Crippen LogP contribution in [-0.4, -0.2) is 33.8 Å². The molecule has 0 aliphatic heterocycles. The fourth-order valence-corrected chi connectivity index (χ4v) is 6.89. The highest BCUT2D eigenvalue weighted by Crippen LogP contribution is 2.42. The summed E-state index contributed by atoms with van der Waals surface area (Å²) in [6, 6.07) is 44.5. The number of halogens is 1. The van der Waals surface area contributed by atoms with Gasteiger partial charge in [-0.3, -0.25) is 9.59 Å². The first-order chi connectivity index (χ1) is 26.8. The van der Waals surface area contributed by atoms with Crippen molar-refractivity contribution in [3.63, 3.8) is 0 Å². The third-order valence-corrected chi connectivity index (χ3v) is 9.48. The average Bonchev–Trinajstić information content (AvgIpc) is 3.56. The van der Waals surface area contributed by atoms with Crippen LogP contribution in [0.2, 0.25) is 0 Å². The van der Waals surface area contributed by atoms with E-state index in [1.54, 1.807) is 12.1 Å². The Morgan fingerprint density at radius 3 is 1.89 bits per heavy atom. The van der Waals surface area contributed by atoms with Gasteiger partial charge < -0.3 is 24.5 Å². The molecule has 7 nitrogen and oxygen atoms in total. The highest BCUT2D eigenvalue weighted by atomic mass is 19.1. The molecule has 0 bridgehead atoms. The van der Waals surface area contributed by atoms with Crippen LogP contribution in [-0.2, 0) is 34.0 Å². The Morgan fingerprint density at radius 2 is 1.29 bits per heavy atom. The molecule has 0 saturated heterocycles. The number of anilines is 1. The fraction of sp³-hybridized carbons (Fsp3) is 0.234. The van der Waals surface area contributed by atoms with Crippen molar-refractivity contribution in [1.82, 2.24) is 4.57 Å². The third kappa shape index (κ3) is 10.4. The molecule has 0 aliphatic carbocycles. The molecule has 1 heterocycles. The lowest BCUT2D eigenvalue weighted by atomic mass is 9.94. The molecule has 55 heavy (non-hydrogen) atoms.